The summed E-state index contributed by atoms with van der Waals surface area (Å²) in [6, 6.07) is 38.3. The van der Waals surface area contributed by atoms with Crippen LogP contribution < -0.4 is 5.43 Å². The van der Waals surface area contributed by atoms with E-state index in [1.54, 1.807) is 30.5 Å². The molecule has 4 aromatic carbocycles. The number of ether oxygens (including phenoxy) is 1. The van der Waals surface area contributed by atoms with Gasteiger partial charge in [0.1, 0.15) is 0 Å². The molecule has 0 aliphatic rings. The molecule has 5 aromatic rings. The molecule has 0 bridgehead atoms. The van der Waals surface area contributed by atoms with Gasteiger partial charge in [0.25, 0.3) is 5.91 Å². The van der Waals surface area contributed by atoms with E-state index in [9.17, 15) is 9.59 Å². The maximum atomic E-state index is 12.5. The van der Waals surface area contributed by atoms with E-state index in [0.29, 0.717) is 11.1 Å². The first-order chi connectivity index (χ1) is 18.7. The molecule has 0 unspecified atom stereocenters. The second-order valence-electron chi connectivity index (χ2n) is 8.50. The van der Waals surface area contributed by atoms with Gasteiger partial charge in [0.2, 0.25) is 0 Å². The minimum absolute atomic E-state index is 0.288. The number of esters is 1. The largest absolute Gasteiger partial charge is 0.465 e. The SMILES string of the molecule is COC(=O)c1ccc(-n2c(-c3ccccc3)cc(/C=N/NC(=O)c3ccccc3)c2-c2ccccc2)cc1. The molecular formula is C32H25N3O3. The molecule has 38 heavy (non-hydrogen) atoms. The molecule has 0 fully saturated rings. The summed E-state index contributed by atoms with van der Waals surface area (Å²) in [4.78, 5) is 24.6. The maximum absolute atomic E-state index is 12.5. The molecule has 1 amide bonds. The molecular weight excluding hydrogens is 474 g/mol. The van der Waals surface area contributed by atoms with E-state index in [-0.39, 0.29) is 5.91 Å². The van der Waals surface area contributed by atoms with Crippen LogP contribution in [0.1, 0.15) is 26.3 Å². The monoisotopic (exact) mass is 499 g/mol. The van der Waals surface area contributed by atoms with Crippen molar-refractivity contribution in [2.45, 2.75) is 0 Å². The Balaban J connectivity index is 1.64. The Kier molecular flexibility index (Phi) is 7.23. The van der Waals surface area contributed by atoms with Crippen LogP contribution in [0.2, 0.25) is 0 Å². The summed E-state index contributed by atoms with van der Waals surface area (Å²) in [7, 11) is 1.37. The molecule has 0 saturated carbocycles. The zero-order chi connectivity index (χ0) is 26.3. The summed E-state index contributed by atoms with van der Waals surface area (Å²) >= 11 is 0. The average molecular weight is 500 g/mol. The van der Waals surface area contributed by atoms with Crippen LogP contribution in [0.3, 0.4) is 0 Å². The quantitative estimate of drug-likeness (QED) is 0.161. The first-order valence-electron chi connectivity index (χ1n) is 12.1. The Bertz CT molecular complexity index is 1570. The van der Waals surface area contributed by atoms with E-state index < -0.39 is 5.97 Å². The molecule has 1 N–H and O–H groups in total. The fourth-order valence-corrected chi connectivity index (χ4v) is 4.29. The summed E-state index contributed by atoms with van der Waals surface area (Å²) < 4.78 is 7.00. The van der Waals surface area contributed by atoms with Crippen LogP contribution >= 0.6 is 0 Å². The van der Waals surface area contributed by atoms with Crippen molar-refractivity contribution in [3.63, 3.8) is 0 Å². The lowest BCUT2D eigenvalue weighted by Gasteiger charge is -2.15. The van der Waals surface area contributed by atoms with Crippen LogP contribution in [0.15, 0.2) is 126 Å². The van der Waals surface area contributed by atoms with Gasteiger partial charge in [0.05, 0.1) is 30.3 Å². The van der Waals surface area contributed by atoms with E-state index >= 15 is 0 Å². The van der Waals surface area contributed by atoms with Crippen LogP contribution in [-0.4, -0.2) is 29.8 Å². The molecule has 0 aliphatic heterocycles. The van der Waals surface area contributed by atoms with E-state index in [2.05, 4.69) is 15.1 Å². The van der Waals surface area contributed by atoms with Gasteiger partial charge in [-0.15, -0.1) is 0 Å². The van der Waals surface area contributed by atoms with Gasteiger partial charge in [-0.2, -0.15) is 5.10 Å². The number of hydrogen-bond acceptors (Lipinski definition) is 4. The number of nitrogens with zero attached hydrogens (tertiary/aromatic N) is 2. The minimum atomic E-state index is -0.391. The fraction of sp³-hybridized carbons (Fsp3) is 0.0312. The Morgan fingerprint density at radius 1 is 0.737 bits per heavy atom. The minimum Gasteiger partial charge on any atom is -0.465 e. The first kappa shape index (κ1) is 24.5. The van der Waals surface area contributed by atoms with Crippen molar-refractivity contribution in [1.82, 2.24) is 9.99 Å². The molecule has 5 rings (SSSR count). The van der Waals surface area contributed by atoms with Crippen molar-refractivity contribution in [2.75, 3.05) is 7.11 Å². The summed E-state index contributed by atoms with van der Waals surface area (Å²) in [6.07, 6.45) is 1.66. The lowest BCUT2D eigenvalue weighted by Crippen LogP contribution is -2.17. The normalized spacial score (nSPS) is 10.9. The number of aromatic nitrogens is 1. The summed E-state index contributed by atoms with van der Waals surface area (Å²) in [5.41, 5.74) is 9.13. The van der Waals surface area contributed by atoms with Crippen molar-refractivity contribution in [1.29, 1.82) is 0 Å². The standard InChI is InChI=1S/C32H25N3O3/c1-38-32(37)26-17-19-28(20-18-26)35-29(23-11-5-2-6-12-23)21-27(30(35)24-13-7-3-8-14-24)22-33-34-31(36)25-15-9-4-10-16-25/h2-22H,1H3,(H,34,36)/b33-22+. The number of carbonyl (C=O) groups is 2. The van der Waals surface area contributed by atoms with Gasteiger partial charge in [0, 0.05) is 16.8 Å². The van der Waals surface area contributed by atoms with Crippen LogP contribution in [0.5, 0.6) is 0 Å². The molecule has 0 atom stereocenters. The van der Waals surface area contributed by atoms with Crippen molar-refractivity contribution in [2.24, 2.45) is 5.10 Å². The predicted octanol–water partition coefficient (Wildman–Crippen LogP) is 6.36. The lowest BCUT2D eigenvalue weighted by atomic mass is 10.1. The molecule has 0 aliphatic carbocycles. The van der Waals surface area contributed by atoms with Crippen LogP contribution in [0, 0.1) is 0 Å². The van der Waals surface area contributed by atoms with Gasteiger partial charge in [-0.3, -0.25) is 4.79 Å². The van der Waals surface area contributed by atoms with Gasteiger partial charge < -0.3 is 9.30 Å². The average Bonchev–Trinajstić information content (AvgIpc) is 3.37. The third-order valence-corrected chi connectivity index (χ3v) is 6.10. The van der Waals surface area contributed by atoms with E-state index in [1.807, 2.05) is 97.1 Å². The molecule has 0 saturated heterocycles. The van der Waals surface area contributed by atoms with Crippen molar-refractivity contribution in [3.8, 4) is 28.2 Å². The second kappa shape index (κ2) is 11.2. The Labute approximate surface area is 220 Å². The lowest BCUT2D eigenvalue weighted by molar-refractivity contribution is 0.0600. The number of methoxy groups -OCH3 is 1. The highest BCUT2D eigenvalue weighted by Crippen LogP contribution is 2.35. The topological polar surface area (TPSA) is 72.7 Å². The van der Waals surface area contributed by atoms with Crippen LogP contribution in [-0.2, 0) is 4.74 Å². The third kappa shape index (κ3) is 5.15. The highest BCUT2D eigenvalue weighted by atomic mass is 16.5. The van der Waals surface area contributed by atoms with Crippen molar-refractivity contribution in [3.05, 3.63) is 138 Å². The summed E-state index contributed by atoms with van der Waals surface area (Å²) in [5.74, 6) is -0.679. The highest BCUT2D eigenvalue weighted by Gasteiger charge is 2.19. The van der Waals surface area contributed by atoms with Gasteiger partial charge in [-0.05, 0) is 53.6 Å². The molecule has 1 aromatic heterocycles. The fourth-order valence-electron chi connectivity index (χ4n) is 4.29. The van der Waals surface area contributed by atoms with E-state index in [0.717, 1.165) is 33.8 Å². The van der Waals surface area contributed by atoms with Crippen molar-refractivity contribution >= 4 is 18.1 Å². The molecule has 186 valence electrons. The van der Waals surface area contributed by atoms with Gasteiger partial charge in [-0.25, -0.2) is 10.2 Å². The van der Waals surface area contributed by atoms with Crippen LogP contribution in [0.4, 0.5) is 0 Å². The second-order valence-corrected chi connectivity index (χ2v) is 8.50. The van der Waals surface area contributed by atoms with Crippen LogP contribution in [0.25, 0.3) is 28.2 Å². The van der Waals surface area contributed by atoms with Gasteiger partial charge in [0.15, 0.2) is 0 Å². The predicted molar refractivity (Wildman–Crippen MR) is 149 cm³/mol. The Hall–Kier alpha value is -5.23. The van der Waals surface area contributed by atoms with E-state index in [1.165, 1.54) is 7.11 Å². The van der Waals surface area contributed by atoms with E-state index in [4.69, 9.17) is 4.74 Å². The maximum Gasteiger partial charge on any atom is 0.337 e. The number of rotatable bonds is 7. The third-order valence-electron chi connectivity index (χ3n) is 6.10. The first-order valence-corrected chi connectivity index (χ1v) is 12.1. The summed E-state index contributed by atoms with van der Waals surface area (Å²) in [5, 5.41) is 4.30. The molecule has 0 spiro atoms. The number of hydrogen-bond donors (Lipinski definition) is 1. The smallest absolute Gasteiger partial charge is 0.337 e. The zero-order valence-corrected chi connectivity index (χ0v) is 20.7. The number of nitrogens with one attached hydrogen (secondary N) is 1. The molecule has 6 heteroatoms. The molecule has 0 radical (unpaired) electrons. The number of amides is 1. The number of carbonyl (C=O) groups excluding carboxylic acids is 2. The zero-order valence-electron chi connectivity index (χ0n) is 20.7. The highest BCUT2D eigenvalue weighted by molar-refractivity contribution is 5.97. The molecule has 1 heterocycles. The summed E-state index contributed by atoms with van der Waals surface area (Å²) in [6.45, 7) is 0. The number of hydrazone groups is 1. The van der Waals surface area contributed by atoms with Crippen molar-refractivity contribution < 1.29 is 14.3 Å². The van der Waals surface area contributed by atoms with Gasteiger partial charge in [-0.1, -0.05) is 78.9 Å². The Morgan fingerprint density at radius 3 is 1.92 bits per heavy atom. The Morgan fingerprint density at radius 2 is 1.32 bits per heavy atom. The molecule has 6 nitrogen and oxygen atoms in total. The number of benzene rings is 4. The van der Waals surface area contributed by atoms with Gasteiger partial charge >= 0.3 is 5.97 Å².